The van der Waals surface area contributed by atoms with Crippen molar-refractivity contribution in [3.8, 4) is 0 Å². The summed E-state index contributed by atoms with van der Waals surface area (Å²) in [5, 5.41) is 19.5. The number of aliphatic hydroxyl groups is 2. The second-order valence-corrected chi connectivity index (χ2v) is 3.56. The molecule has 2 nitrogen and oxygen atoms in total. The molecule has 4 heteroatoms. The zero-order chi connectivity index (χ0) is 7.98. The monoisotopic (exact) mass is 274 g/mol. The molecule has 0 aromatic rings. The Balaban J connectivity index is 3.31. The van der Waals surface area contributed by atoms with Crippen LogP contribution in [0.2, 0.25) is 0 Å². The van der Waals surface area contributed by atoms with Gasteiger partial charge in [-0.05, 0) is 12.8 Å². The quantitative estimate of drug-likeness (QED) is 0.742. The van der Waals surface area contributed by atoms with Gasteiger partial charge in [0, 0.05) is 10.7 Å². The minimum absolute atomic E-state index is 0.441. The molecule has 0 fully saturated rings. The third kappa shape index (κ3) is 4.66. The van der Waals surface area contributed by atoms with Crippen LogP contribution >= 0.6 is 31.9 Å². The molecule has 0 aliphatic carbocycles. The average molecular weight is 276 g/mol. The highest BCUT2D eigenvalue weighted by atomic mass is 79.9. The summed E-state index contributed by atoms with van der Waals surface area (Å²) in [5.74, 6) is 0. The van der Waals surface area contributed by atoms with Crippen molar-refractivity contribution in [3.63, 3.8) is 0 Å². The summed E-state index contributed by atoms with van der Waals surface area (Å²) in [6.45, 7) is 0. The van der Waals surface area contributed by atoms with Crippen molar-refractivity contribution in [3.05, 3.63) is 0 Å². The third-order valence-electron chi connectivity index (χ3n) is 1.24. The lowest BCUT2D eigenvalue weighted by molar-refractivity contribution is 0.0297. The Bertz CT molecular complexity index is 80.1. The van der Waals surface area contributed by atoms with Gasteiger partial charge in [-0.15, -0.1) is 0 Å². The summed E-state index contributed by atoms with van der Waals surface area (Å²) in [6, 6.07) is 0. The van der Waals surface area contributed by atoms with Crippen molar-refractivity contribution in [1.29, 1.82) is 0 Å². The molecule has 2 atom stereocenters. The molecule has 10 heavy (non-hydrogen) atoms. The summed E-state index contributed by atoms with van der Waals surface area (Å²) < 4.78 is 0. The predicted molar refractivity (Wildman–Crippen MR) is 48.8 cm³/mol. The fourth-order valence-electron chi connectivity index (χ4n) is 0.582. The van der Waals surface area contributed by atoms with E-state index in [0.717, 1.165) is 11.8 Å². The van der Waals surface area contributed by atoms with E-state index < -0.39 is 12.2 Å². The van der Waals surface area contributed by atoms with E-state index in [0.29, 0.717) is 11.8 Å². The van der Waals surface area contributed by atoms with Crippen LogP contribution in [0.15, 0.2) is 0 Å². The van der Waals surface area contributed by atoms with Crippen LogP contribution in [0, 0.1) is 0 Å². The molecule has 0 aliphatic rings. The molecule has 0 aliphatic heterocycles. The van der Waals surface area contributed by atoms with E-state index in [1.807, 2.05) is 0 Å². The van der Waals surface area contributed by atoms with Gasteiger partial charge in [-0.2, -0.15) is 0 Å². The molecule has 0 aromatic heterocycles. The Morgan fingerprint density at radius 2 is 1.70 bits per heavy atom. The smallest absolute Gasteiger partial charge is 0.0895 e. The van der Waals surface area contributed by atoms with E-state index >= 15 is 0 Å². The molecule has 0 unspecified atom stereocenters. The fourth-order valence-corrected chi connectivity index (χ4v) is 1.34. The lowest BCUT2D eigenvalue weighted by Gasteiger charge is -2.13. The highest BCUT2D eigenvalue weighted by Gasteiger charge is 2.13. The molecule has 0 spiro atoms. The van der Waals surface area contributed by atoms with Gasteiger partial charge in [-0.25, -0.2) is 0 Å². The molecule has 0 heterocycles. The maximum Gasteiger partial charge on any atom is 0.0895 e. The Morgan fingerprint density at radius 1 is 1.10 bits per heavy atom. The standard InChI is InChI=1S/C6H12Br2O2/c7-3-1-2-5(9)6(10)4-8/h5-6,9-10H,1-4H2/t5-,6-/m0/s1. The van der Waals surface area contributed by atoms with Crippen LogP contribution in [0.3, 0.4) is 0 Å². The molecule has 62 valence electrons. The maximum absolute atomic E-state index is 9.15. The molecule has 0 amide bonds. The largest absolute Gasteiger partial charge is 0.390 e. The minimum atomic E-state index is -0.626. The Hall–Kier alpha value is 0.880. The van der Waals surface area contributed by atoms with E-state index in [4.69, 9.17) is 10.2 Å². The first-order valence-corrected chi connectivity index (χ1v) is 5.44. The minimum Gasteiger partial charge on any atom is -0.390 e. The van der Waals surface area contributed by atoms with Crippen LogP contribution in [0.4, 0.5) is 0 Å². The highest BCUT2D eigenvalue weighted by Crippen LogP contribution is 2.05. The van der Waals surface area contributed by atoms with Gasteiger partial charge >= 0.3 is 0 Å². The second kappa shape index (κ2) is 6.58. The van der Waals surface area contributed by atoms with Crippen LogP contribution in [-0.4, -0.2) is 33.1 Å². The van der Waals surface area contributed by atoms with Crippen molar-refractivity contribution in [2.75, 3.05) is 10.7 Å². The predicted octanol–water partition coefficient (Wildman–Crippen LogP) is 1.28. The number of hydrogen-bond acceptors (Lipinski definition) is 2. The maximum atomic E-state index is 9.15. The molecule has 0 aromatic carbocycles. The average Bonchev–Trinajstić information content (AvgIpc) is 1.98. The Labute approximate surface area is 77.9 Å². The van der Waals surface area contributed by atoms with Crippen LogP contribution < -0.4 is 0 Å². The molecular weight excluding hydrogens is 264 g/mol. The Morgan fingerprint density at radius 3 is 2.10 bits per heavy atom. The normalized spacial score (nSPS) is 16.8. The van der Waals surface area contributed by atoms with Gasteiger partial charge in [0.2, 0.25) is 0 Å². The lowest BCUT2D eigenvalue weighted by Crippen LogP contribution is -2.27. The van der Waals surface area contributed by atoms with E-state index in [1.165, 1.54) is 0 Å². The summed E-state index contributed by atoms with van der Waals surface area (Å²) in [5.41, 5.74) is 0. The third-order valence-corrected chi connectivity index (χ3v) is 2.46. The summed E-state index contributed by atoms with van der Waals surface area (Å²) in [4.78, 5) is 0. The topological polar surface area (TPSA) is 40.5 Å². The first-order valence-electron chi connectivity index (χ1n) is 3.20. The van der Waals surface area contributed by atoms with E-state index in [9.17, 15) is 0 Å². The van der Waals surface area contributed by atoms with Gasteiger partial charge in [0.1, 0.15) is 0 Å². The lowest BCUT2D eigenvalue weighted by atomic mass is 10.1. The van der Waals surface area contributed by atoms with Gasteiger partial charge < -0.3 is 10.2 Å². The first-order chi connectivity index (χ1) is 4.72. The van der Waals surface area contributed by atoms with Gasteiger partial charge in [-0.1, -0.05) is 31.9 Å². The molecule has 0 rings (SSSR count). The van der Waals surface area contributed by atoms with Gasteiger partial charge in [0.25, 0.3) is 0 Å². The Kier molecular flexibility index (Phi) is 7.16. The molecule has 2 N–H and O–H groups in total. The van der Waals surface area contributed by atoms with Gasteiger partial charge in [-0.3, -0.25) is 0 Å². The van der Waals surface area contributed by atoms with Crippen molar-refractivity contribution < 1.29 is 10.2 Å². The van der Waals surface area contributed by atoms with E-state index in [-0.39, 0.29) is 0 Å². The first kappa shape index (κ1) is 10.9. The van der Waals surface area contributed by atoms with Crippen LogP contribution in [0.1, 0.15) is 12.8 Å². The number of hydrogen-bond donors (Lipinski definition) is 2. The summed E-state index contributed by atoms with van der Waals surface area (Å²) in [7, 11) is 0. The second-order valence-electron chi connectivity index (χ2n) is 2.12. The van der Waals surface area contributed by atoms with Crippen LogP contribution in [-0.2, 0) is 0 Å². The SMILES string of the molecule is O[C@@H](CBr)[C@@H](O)CCCBr. The number of aliphatic hydroxyl groups excluding tert-OH is 2. The molecular formula is C6H12Br2O2. The van der Waals surface area contributed by atoms with Gasteiger partial charge in [0.05, 0.1) is 12.2 Å². The van der Waals surface area contributed by atoms with Crippen molar-refractivity contribution in [1.82, 2.24) is 0 Å². The summed E-state index contributed by atoms with van der Waals surface area (Å²) >= 11 is 6.33. The van der Waals surface area contributed by atoms with E-state index in [2.05, 4.69) is 31.9 Å². The molecule has 0 saturated carbocycles. The highest BCUT2D eigenvalue weighted by molar-refractivity contribution is 9.09. The van der Waals surface area contributed by atoms with Crippen molar-refractivity contribution in [2.45, 2.75) is 25.0 Å². The molecule has 0 bridgehead atoms. The zero-order valence-electron chi connectivity index (χ0n) is 5.63. The molecule has 0 radical (unpaired) electrons. The summed E-state index contributed by atoms with van der Waals surface area (Å²) in [6.07, 6.45) is 0.333. The van der Waals surface area contributed by atoms with Crippen molar-refractivity contribution in [2.24, 2.45) is 0 Å². The van der Waals surface area contributed by atoms with Crippen LogP contribution in [0.25, 0.3) is 0 Å². The van der Waals surface area contributed by atoms with E-state index in [1.54, 1.807) is 0 Å². The van der Waals surface area contributed by atoms with Crippen molar-refractivity contribution >= 4 is 31.9 Å². The number of alkyl halides is 2. The number of rotatable bonds is 5. The van der Waals surface area contributed by atoms with Gasteiger partial charge in [0.15, 0.2) is 0 Å². The zero-order valence-corrected chi connectivity index (χ0v) is 8.81. The van der Waals surface area contributed by atoms with Crippen LogP contribution in [0.5, 0.6) is 0 Å². The molecule has 0 saturated heterocycles. The number of halogens is 2. The fraction of sp³-hybridized carbons (Fsp3) is 1.00.